The predicted octanol–water partition coefficient (Wildman–Crippen LogP) is 11.3. The van der Waals surface area contributed by atoms with Crippen LogP contribution in [0.15, 0.2) is 127 Å². The zero-order chi connectivity index (χ0) is 29.3. The Labute approximate surface area is 264 Å². The van der Waals surface area contributed by atoms with Crippen molar-refractivity contribution in [3.8, 4) is 27.9 Å². The molecule has 1 spiro atoms. The van der Waals surface area contributed by atoms with Crippen molar-refractivity contribution in [2.75, 3.05) is 0 Å². The van der Waals surface area contributed by atoms with Gasteiger partial charge in [-0.1, -0.05) is 109 Å². The summed E-state index contributed by atoms with van der Waals surface area (Å²) < 4.78 is 2.51. The van der Waals surface area contributed by atoms with Gasteiger partial charge in [-0.2, -0.15) is 0 Å². The molecule has 0 N–H and O–H groups in total. The molecule has 0 unspecified atom stereocenters. The second-order valence-electron chi connectivity index (χ2n) is 14.5. The van der Waals surface area contributed by atoms with Gasteiger partial charge >= 0.3 is 0 Å². The van der Waals surface area contributed by atoms with E-state index in [-0.39, 0.29) is 5.41 Å². The van der Waals surface area contributed by atoms with Crippen molar-refractivity contribution >= 4 is 32.6 Å². The lowest BCUT2D eigenvalue weighted by atomic mass is 9.43. The Morgan fingerprint density at radius 1 is 0.467 bits per heavy atom. The SMILES string of the molecule is c1ccc2c(c1)-c1c(-c3cccc4c3c3ccccc3n4-c3cccc4ccccc34)cccc1C21C2CC3CC(C2)CC1C3. The van der Waals surface area contributed by atoms with Gasteiger partial charge in [-0.15, -0.1) is 0 Å². The van der Waals surface area contributed by atoms with Gasteiger partial charge in [0, 0.05) is 21.6 Å². The molecular formula is C44H35N. The van der Waals surface area contributed by atoms with E-state index in [1.807, 2.05) is 0 Å². The highest BCUT2D eigenvalue weighted by atomic mass is 15.0. The molecule has 45 heavy (non-hydrogen) atoms. The zero-order valence-electron chi connectivity index (χ0n) is 25.4. The van der Waals surface area contributed by atoms with Crippen molar-refractivity contribution in [3.05, 3.63) is 139 Å². The predicted molar refractivity (Wildman–Crippen MR) is 187 cm³/mol. The monoisotopic (exact) mass is 577 g/mol. The molecule has 5 aliphatic carbocycles. The Bertz CT molecular complexity index is 2320. The third kappa shape index (κ3) is 3.05. The van der Waals surface area contributed by atoms with Gasteiger partial charge in [0.15, 0.2) is 0 Å². The molecular weight excluding hydrogens is 542 g/mol. The van der Waals surface area contributed by atoms with Crippen LogP contribution in [-0.4, -0.2) is 4.57 Å². The normalized spacial score (nSPS) is 25.9. The Hall–Kier alpha value is -4.62. The smallest absolute Gasteiger partial charge is 0.0547 e. The molecule has 1 heterocycles. The van der Waals surface area contributed by atoms with Crippen LogP contribution in [-0.2, 0) is 5.41 Å². The number of benzene rings is 6. The fourth-order valence-electron chi connectivity index (χ4n) is 11.3. The molecule has 1 heteroatoms. The van der Waals surface area contributed by atoms with Crippen LogP contribution in [0.25, 0.3) is 60.5 Å². The van der Waals surface area contributed by atoms with Crippen molar-refractivity contribution in [2.45, 2.75) is 37.5 Å². The minimum Gasteiger partial charge on any atom is -0.309 e. The average molecular weight is 578 g/mol. The molecule has 4 saturated carbocycles. The van der Waals surface area contributed by atoms with Crippen molar-refractivity contribution in [3.63, 3.8) is 0 Å². The van der Waals surface area contributed by atoms with Gasteiger partial charge in [0.2, 0.25) is 0 Å². The van der Waals surface area contributed by atoms with Crippen molar-refractivity contribution in [1.29, 1.82) is 0 Å². The lowest BCUT2D eigenvalue weighted by Gasteiger charge is -2.61. The summed E-state index contributed by atoms with van der Waals surface area (Å²) in [5.41, 5.74) is 13.0. The maximum absolute atomic E-state index is 2.53. The van der Waals surface area contributed by atoms with Crippen LogP contribution in [0.4, 0.5) is 0 Å². The molecule has 0 atom stereocenters. The van der Waals surface area contributed by atoms with E-state index >= 15 is 0 Å². The van der Waals surface area contributed by atoms with E-state index < -0.39 is 0 Å². The first-order chi connectivity index (χ1) is 22.3. The van der Waals surface area contributed by atoms with E-state index in [9.17, 15) is 0 Å². The maximum atomic E-state index is 2.53. The van der Waals surface area contributed by atoms with E-state index in [1.165, 1.54) is 92.6 Å². The Morgan fingerprint density at radius 3 is 1.93 bits per heavy atom. The quantitative estimate of drug-likeness (QED) is 0.193. The highest BCUT2D eigenvalue weighted by Gasteiger charge is 2.61. The van der Waals surface area contributed by atoms with E-state index in [1.54, 1.807) is 11.1 Å². The van der Waals surface area contributed by atoms with E-state index in [0.29, 0.717) is 0 Å². The minimum atomic E-state index is 0.181. The van der Waals surface area contributed by atoms with Gasteiger partial charge in [0.05, 0.1) is 16.7 Å². The Balaban J connectivity index is 1.22. The summed E-state index contributed by atoms with van der Waals surface area (Å²) in [6.07, 6.45) is 7.15. The second kappa shape index (κ2) is 8.76. The molecule has 0 amide bonds. The first-order valence-corrected chi connectivity index (χ1v) is 17.0. The van der Waals surface area contributed by atoms with Gasteiger partial charge < -0.3 is 4.57 Å². The lowest BCUT2D eigenvalue weighted by Crippen LogP contribution is -2.55. The van der Waals surface area contributed by atoms with Crippen LogP contribution in [0, 0.1) is 23.7 Å². The summed E-state index contributed by atoms with van der Waals surface area (Å²) in [4.78, 5) is 0. The summed E-state index contributed by atoms with van der Waals surface area (Å²) in [5, 5.41) is 5.24. The molecule has 0 aliphatic heterocycles. The lowest BCUT2D eigenvalue weighted by molar-refractivity contribution is -0.0399. The molecule has 5 aliphatic rings. The number of aromatic nitrogens is 1. The fourth-order valence-corrected chi connectivity index (χ4v) is 11.3. The van der Waals surface area contributed by atoms with Crippen LogP contribution in [0.1, 0.15) is 43.2 Å². The zero-order valence-corrected chi connectivity index (χ0v) is 25.4. The summed E-state index contributed by atoms with van der Waals surface area (Å²) in [5.74, 6) is 3.45. The highest BCUT2D eigenvalue weighted by Crippen LogP contribution is 2.70. The van der Waals surface area contributed by atoms with Gasteiger partial charge in [-0.3, -0.25) is 0 Å². The van der Waals surface area contributed by atoms with Crippen LogP contribution < -0.4 is 0 Å². The molecule has 4 fully saturated rings. The Morgan fingerprint density at radius 2 is 1.07 bits per heavy atom. The van der Waals surface area contributed by atoms with Crippen LogP contribution in [0.2, 0.25) is 0 Å². The first-order valence-electron chi connectivity index (χ1n) is 17.0. The first kappa shape index (κ1) is 24.7. The van der Waals surface area contributed by atoms with Crippen LogP contribution in [0.5, 0.6) is 0 Å². The topological polar surface area (TPSA) is 4.93 Å². The van der Waals surface area contributed by atoms with E-state index in [2.05, 4.69) is 132 Å². The largest absolute Gasteiger partial charge is 0.309 e. The average Bonchev–Trinajstić information content (AvgIpc) is 3.58. The van der Waals surface area contributed by atoms with Crippen LogP contribution >= 0.6 is 0 Å². The van der Waals surface area contributed by atoms with Crippen LogP contribution in [0.3, 0.4) is 0 Å². The standard InChI is InChI=1S/C44H35N/c1-2-12-32-29(10-1)11-7-20-39(32)45-40-19-6-4-14-36(40)43-34(16-9-21-41(43)45)33-15-8-18-38-42(33)35-13-3-5-17-37(35)44(38)30-23-27-22-28(25-30)26-31(44)24-27/h1-21,27-28,30-31H,22-26H2. The van der Waals surface area contributed by atoms with Gasteiger partial charge in [0.1, 0.15) is 0 Å². The highest BCUT2D eigenvalue weighted by molar-refractivity contribution is 6.17. The maximum Gasteiger partial charge on any atom is 0.0547 e. The van der Waals surface area contributed by atoms with Crippen molar-refractivity contribution < 1.29 is 0 Å². The van der Waals surface area contributed by atoms with Crippen molar-refractivity contribution in [2.24, 2.45) is 23.7 Å². The number of nitrogens with zero attached hydrogens (tertiary/aromatic N) is 1. The molecule has 4 bridgehead atoms. The molecule has 216 valence electrons. The summed E-state index contributed by atoms with van der Waals surface area (Å²) in [7, 11) is 0. The van der Waals surface area contributed by atoms with E-state index in [4.69, 9.17) is 0 Å². The Kier molecular flexibility index (Phi) is 4.80. The number of rotatable bonds is 2. The summed E-state index contributed by atoms with van der Waals surface area (Å²) in [6, 6.07) is 48.4. The number of hydrogen-bond acceptors (Lipinski definition) is 0. The molecule has 0 saturated heterocycles. The summed E-state index contributed by atoms with van der Waals surface area (Å²) >= 11 is 0. The fraction of sp³-hybridized carbons (Fsp3) is 0.227. The van der Waals surface area contributed by atoms with Gasteiger partial charge in [-0.05, 0) is 113 Å². The third-order valence-electron chi connectivity index (χ3n) is 12.6. The minimum absolute atomic E-state index is 0.181. The van der Waals surface area contributed by atoms with Crippen molar-refractivity contribution in [1.82, 2.24) is 4.57 Å². The molecule has 12 rings (SSSR count). The second-order valence-corrected chi connectivity index (χ2v) is 14.5. The van der Waals surface area contributed by atoms with Gasteiger partial charge in [0.25, 0.3) is 0 Å². The number of para-hydroxylation sites is 1. The number of fused-ring (bicyclic) bond motifs is 7. The molecule has 1 aromatic heterocycles. The molecule has 1 nitrogen and oxygen atoms in total. The molecule has 7 aromatic rings. The molecule has 6 aromatic carbocycles. The van der Waals surface area contributed by atoms with E-state index in [0.717, 1.165) is 23.7 Å². The third-order valence-corrected chi connectivity index (χ3v) is 12.6. The summed E-state index contributed by atoms with van der Waals surface area (Å²) in [6.45, 7) is 0. The molecule has 0 radical (unpaired) electrons. The van der Waals surface area contributed by atoms with Gasteiger partial charge in [-0.25, -0.2) is 0 Å². The number of hydrogen-bond donors (Lipinski definition) is 0.